The van der Waals surface area contributed by atoms with Crippen molar-refractivity contribution in [1.29, 1.82) is 0 Å². The maximum Gasteiger partial charge on any atom is 0.240 e. The standard InChI is InChI=1S/C15H20N2O5/c1-9-7-11(10(2)22-9)12(18)5-6-16-13(19)8-17-14(20)3-4-15(17)21/h7,12,18H,3-6,8H2,1-2H3,(H,16,19)/t12-/m0/s1. The first kappa shape index (κ1) is 16.2. The number of hydrogen-bond donors (Lipinski definition) is 2. The maximum absolute atomic E-state index is 11.7. The molecule has 22 heavy (non-hydrogen) atoms. The van der Waals surface area contributed by atoms with Crippen molar-refractivity contribution in [3.63, 3.8) is 0 Å². The molecule has 7 heteroatoms. The van der Waals surface area contributed by atoms with Crippen molar-refractivity contribution in [1.82, 2.24) is 10.2 Å². The van der Waals surface area contributed by atoms with Crippen molar-refractivity contribution in [3.05, 3.63) is 23.2 Å². The normalized spacial score (nSPS) is 16.2. The molecule has 2 N–H and O–H groups in total. The molecule has 0 radical (unpaired) electrons. The third kappa shape index (κ3) is 3.73. The molecular weight excluding hydrogens is 288 g/mol. The molecule has 1 aliphatic rings. The van der Waals surface area contributed by atoms with E-state index in [-0.39, 0.29) is 37.7 Å². The van der Waals surface area contributed by atoms with Gasteiger partial charge >= 0.3 is 0 Å². The summed E-state index contributed by atoms with van der Waals surface area (Å²) in [7, 11) is 0. The lowest BCUT2D eigenvalue weighted by Gasteiger charge is -2.14. The van der Waals surface area contributed by atoms with Gasteiger partial charge < -0.3 is 14.8 Å². The van der Waals surface area contributed by atoms with Crippen LogP contribution in [0.1, 0.15) is 42.5 Å². The first-order chi connectivity index (χ1) is 10.4. The van der Waals surface area contributed by atoms with Gasteiger partial charge in [0, 0.05) is 24.9 Å². The van der Waals surface area contributed by atoms with Crippen LogP contribution in [0.3, 0.4) is 0 Å². The van der Waals surface area contributed by atoms with Crippen molar-refractivity contribution >= 4 is 17.7 Å². The number of nitrogens with zero attached hydrogens (tertiary/aromatic N) is 1. The zero-order chi connectivity index (χ0) is 16.3. The number of likely N-dealkylation sites (tertiary alicyclic amines) is 1. The summed E-state index contributed by atoms with van der Waals surface area (Å²) in [6.07, 6.45) is -0.0609. The molecule has 0 aromatic carbocycles. The molecule has 1 fully saturated rings. The maximum atomic E-state index is 11.7. The molecule has 2 rings (SSSR count). The van der Waals surface area contributed by atoms with Crippen LogP contribution in [0.15, 0.2) is 10.5 Å². The van der Waals surface area contributed by atoms with Gasteiger partial charge in [0.1, 0.15) is 18.1 Å². The Labute approximate surface area is 128 Å². The lowest BCUT2D eigenvalue weighted by atomic mass is 10.1. The highest BCUT2D eigenvalue weighted by Crippen LogP contribution is 2.23. The van der Waals surface area contributed by atoms with E-state index in [1.165, 1.54) is 0 Å². The molecular formula is C15H20N2O5. The minimum atomic E-state index is -0.729. The van der Waals surface area contributed by atoms with E-state index in [4.69, 9.17) is 4.42 Å². The number of furan rings is 1. The molecule has 0 aliphatic carbocycles. The Balaban J connectivity index is 1.76. The fourth-order valence-corrected chi connectivity index (χ4v) is 2.48. The summed E-state index contributed by atoms with van der Waals surface area (Å²) in [6.45, 7) is 3.57. The van der Waals surface area contributed by atoms with Crippen molar-refractivity contribution in [2.45, 2.75) is 39.2 Å². The van der Waals surface area contributed by atoms with E-state index in [2.05, 4.69) is 5.32 Å². The summed E-state index contributed by atoms with van der Waals surface area (Å²) in [5, 5.41) is 12.7. The first-order valence-electron chi connectivity index (χ1n) is 7.23. The van der Waals surface area contributed by atoms with Gasteiger partial charge in [-0.15, -0.1) is 0 Å². The summed E-state index contributed by atoms with van der Waals surface area (Å²) in [4.78, 5) is 35.5. The summed E-state index contributed by atoms with van der Waals surface area (Å²) in [5.41, 5.74) is 0.705. The number of aliphatic hydroxyl groups is 1. The van der Waals surface area contributed by atoms with E-state index < -0.39 is 12.0 Å². The number of carbonyl (C=O) groups is 3. The Morgan fingerprint density at radius 2 is 2.00 bits per heavy atom. The van der Waals surface area contributed by atoms with E-state index in [0.717, 1.165) is 10.7 Å². The van der Waals surface area contributed by atoms with Crippen LogP contribution in [0, 0.1) is 13.8 Å². The van der Waals surface area contributed by atoms with Gasteiger partial charge in [0.25, 0.3) is 0 Å². The molecule has 3 amide bonds. The first-order valence-corrected chi connectivity index (χ1v) is 7.23. The second-order valence-electron chi connectivity index (χ2n) is 5.40. The van der Waals surface area contributed by atoms with E-state index in [1.807, 2.05) is 0 Å². The van der Waals surface area contributed by atoms with Gasteiger partial charge in [-0.2, -0.15) is 0 Å². The van der Waals surface area contributed by atoms with Gasteiger partial charge in [-0.3, -0.25) is 19.3 Å². The predicted octanol–water partition coefficient (Wildman–Crippen LogP) is 0.585. The predicted molar refractivity (Wildman–Crippen MR) is 76.7 cm³/mol. The molecule has 7 nitrogen and oxygen atoms in total. The van der Waals surface area contributed by atoms with Gasteiger partial charge in [0.15, 0.2) is 0 Å². The molecule has 1 aromatic heterocycles. The minimum Gasteiger partial charge on any atom is -0.466 e. The third-order valence-corrected chi connectivity index (χ3v) is 3.63. The quantitative estimate of drug-likeness (QED) is 0.749. The van der Waals surface area contributed by atoms with E-state index in [9.17, 15) is 19.5 Å². The number of aryl methyl sites for hydroxylation is 2. The molecule has 0 unspecified atom stereocenters. The molecule has 1 saturated heterocycles. The third-order valence-electron chi connectivity index (χ3n) is 3.63. The van der Waals surface area contributed by atoms with E-state index >= 15 is 0 Å². The Kier molecular flexibility index (Phi) is 4.97. The highest BCUT2D eigenvalue weighted by atomic mass is 16.3. The Bertz CT molecular complexity index is 577. The van der Waals surface area contributed by atoms with Crippen molar-refractivity contribution < 1.29 is 23.9 Å². The lowest BCUT2D eigenvalue weighted by molar-refractivity contribution is -0.142. The molecule has 1 aliphatic heterocycles. The van der Waals surface area contributed by atoms with Crippen LogP contribution in [0.5, 0.6) is 0 Å². The summed E-state index contributed by atoms with van der Waals surface area (Å²) >= 11 is 0. The van der Waals surface area contributed by atoms with Crippen LogP contribution >= 0.6 is 0 Å². The zero-order valence-electron chi connectivity index (χ0n) is 12.7. The second kappa shape index (κ2) is 6.74. The van der Waals surface area contributed by atoms with Crippen LogP contribution in [0.25, 0.3) is 0 Å². The Morgan fingerprint density at radius 3 is 2.55 bits per heavy atom. The summed E-state index contributed by atoms with van der Waals surface area (Å²) in [5.74, 6) is 0.344. The fourth-order valence-electron chi connectivity index (χ4n) is 2.48. The van der Waals surface area contributed by atoms with Crippen LogP contribution in [0.2, 0.25) is 0 Å². The lowest BCUT2D eigenvalue weighted by Crippen LogP contribution is -2.40. The number of imide groups is 1. The largest absolute Gasteiger partial charge is 0.466 e. The van der Waals surface area contributed by atoms with Gasteiger partial charge in [-0.25, -0.2) is 0 Å². The van der Waals surface area contributed by atoms with E-state index in [0.29, 0.717) is 17.7 Å². The average molecular weight is 308 g/mol. The molecule has 120 valence electrons. The van der Waals surface area contributed by atoms with Crippen LogP contribution in [-0.2, 0) is 14.4 Å². The van der Waals surface area contributed by atoms with Gasteiger partial charge in [-0.1, -0.05) is 0 Å². The molecule has 0 spiro atoms. The minimum absolute atomic E-state index is 0.171. The highest BCUT2D eigenvalue weighted by Gasteiger charge is 2.30. The van der Waals surface area contributed by atoms with Gasteiger partial charge in [0.05, 0.1) is 6.10 Å². The zero-order valence-corrected chi connectivity index (χ0v) is 12.7. The Morgan fingerprint density at radius 1 is 1.36 bits per heavy atom. The molecule has 0 saturated carbocycles. The van der Waals surface area contributed by atoms with E-state index in [1.54, 1.807) is 19.9 Å². The molecule has 0 bridgehead atoms. The second-order valence-corrected chi connectivity index (χ2v) is 5.40. The molecule has 1 atom stereocenters. The van der Waals surface area contributed by atoms with Crippen molar-refractivity contribution in [2.24, 2.45) is 0 Å². The summed E-state index contributed by atoms with van der Waals surface area (Å²) in [6, 6.07) is 1.77. The average Bonchev–Trinajstić information content (AvgIpc) is 2.94. The van der Waals surface area contributed by atoms with Gasteiger partial charge in [-0.05, 0) is 26.3 Å². The number of amides is 3. The number of nitrogens with one attached hydrogen (secondary N) is 1. The van der Waals surface area contributed by atoms with Crippen molar-refractivity contribution in [2.75, 3.05) is 13.1 Å². The smallest absolute Gasteiger partial charge is 0.240 e. The van der Waals surface area contributed by atoms with Crippen LogP contribution < -0.4 is 5.32 Å². The molecule has 1 aromatic rings. The molecule has 2 heterocycles. The topological polar surface area (TPSA) is 99.9 Å². The fraction of sp³-hybridized carbons (Fsp3) is 0.533. The number of aliphatic hydroxyl groups excluding tert-OH is 1. The highest BCUT2D eigenvalue weighted by molar-refractivity contribution is 6.04. The SMILES string of the molecule is Cc1cc([C@@H](O)CCNC(=O)CN2C(=O)CCC2=O)c(C)o1. The number of carbonyl (C=O) groups excluding carboxylic acids is 3. The Hall–Kier alpha value is -2.15. The van der Waals surface area contributed by atoms with Gasteiger partial charge in [0.2, 0.25) is 17.7 Å². The van der Waals surface area contributed by atoms with Crippen LogP contribution in [-0.4, -0.2) is 40.8 Å². The number of rotatable bonds is 6. The number of hydrogen-bond acceptors (Lipinski definition) is 5. The van der Waals surface area contributed by atoms with Crippen molar-refractivity contribution in [3.8, 4) is 0 Å². The summed E-state index contributed by atoms with van der Waals surface area (Å²) < 4.78 is 5.35. The van der Waals surface area contributed by atoms with Crippen LogP contribution in [0.4, 0.5) is 0 Å². The monoisotopic (exact) mass is 308 g/mol.